The van der Waals surface area contributed by atoms with Gasteiger partial charge in [0.05, 0.1) is 21.8 Å². The van der Waals surface area contributed by atoms with Crippen LogP contribution in [0.3, 0.4) is 0 Å². The highest BCUT2D eigenvalue weighted by Crippen LogP contribution is 2.37. The number of carbonyl (C=O) groups excluding carboxylic acids is 1. The molecule has 0 fully saturated rings. The third-order valence-corrected chi connectivity index (χ3v) is 10.6. The second-order valence-electron chi connectivity index (χ2n) is 10.6. The summed E-state index contributed by atoms with van der Waals surface area (Å²) in [5.74, 6) is -0.860. The van der Waals surface area contributed by atoms with E-state index in [1.165, 1.54) is 30.5 Å². The summed E-state index contributed by atoms with van der Waals surface area (Å²) in [5.41, 5.74) is 1.40. The number of hydrogen-bond acceptors (Lipinski definition) is 8. The van der Waals surface area contributed by atoms with Crippen LogP contribution in [0.4, 0.5) is 0 Å². The van der Waals surface area contributed by atoms with Crippen LogP contribution < -0.4 is 0 Å². The Balaban J connectivity index is 1.84. The third-order valence-electron chi connectivity index (χ3n) is 7.40. The summed E-state index contributed by atoms with van der Waals surface area (Å²) in [5, 5.41) is 12.5. The monoisotopic (exact) mass is 595 g/mol. The van der Waals surface area contributed by atoms with E-state index in [-0.39, 0.29) is 23.5 Å². The Bertz CT molecular complexity index is 1830. The van der Waals surface area contributed by atoms with Crippen LogP contribution in [0.15, 0.2) is 83.9 Å². The van der Waals surface area contributed by atoms with Crippen molar-refractivity contribution in [2.75, 3.05) is 19.1 Å². The van der Waals surface area contributed by atoms with Crippen LogP contribution in [0.5, 0.6) is 0 Å². The maximum absolute atomic E-state index is 13.1. The van der Waals surface area contributed by atoms with Gasteiger partial charge in [0.25, 0.3) is 0 Å². The normalized spacial score (nSPS) is 14.0. The van der Waals surface area contributed by atoms with Gasteiger partial charge in [-0.1, -0.05) is 42.5 Å². The van der Waals surface area contributed by atoms with Crippen LogP contribution in [-0.2, 0) is 46.0 Å². The number of benzene rings is 3. The van der Waals surface area contributed by atoms with Gasteiger partial charge in [-0.3, -0.25) is 4.98 Å². The summed E-state index contributed by atoms with van der Waals surface area (Å²) in [6, 6.07) is 20.0. The minimum absolute atomic E-state index is 0.0448. The molecule has 4 aromatic rings. The minimum Gasteiger partial charge on any atom is -0.464 e. The first-order chi connectivity index (χ1) is 19.1. The summed E-state index contributed by atoms with van der Waals surface area (Å²) in [4.78, 5) is 17.7. The largest absolute Gasteiger partial charge is 0.464 e. The second kappa shape index (κ2) is 11.0. The van der Waals surface area contributed by atoms with Crippen molar-refractivity contribution in [3.63, 3.8) is 0 Å². The molecule has 10 heteroatoms. The maximum atomic E-state index is 13.1. The molecule has 4 rings (SSSR count). The molecule has 0 radical (unpaired) electrons. The highest BCUT2D eigenvalue weighted by Gasteiger charge is 2.40. The summed E-state index contributed by atoms with van der Waals surface area (Å²) in [7, 11) is -6.93. The zero-order chi connectivity index (χ0) is 30.2. The molecule has 1 N–H and O–H groups in total. The maximum Gasteiger partial charge on any atom is 0.343 e. The van der Waals surface area contributed by atoms with E-state index in [0.29, 0.717) is 22.2 Å². The zero-order valence-corrected chi connectivity index (χ0v) is 25.2. The lowest BCUT2D eigenvalue weighted by molar-refractivity contribution is -0.166. The first-order valence-corrected chi connectivity index (χ1v) is 16.7. The van der Waals surface area contributed by atoms with Crippen molar-refractivity contribution in [3.05, 3.63) is 95.7 Å². The van der Waals surface area contributed by atoms with Crippen molar-refractivity contribution in [1.82, 2.24) is 4.98 Å². The number of aliphatic hydroxyl groups is 1. The van der Waals surface area contributed by atoms with E-state index in [4.69, 9.17) is 4.74 Å². The number of esters is 1. The SMILES string of the molecule is CCOC(=O)C(O)(Cc1cccc(-c2cc(C(C)(C)S(C)(=O)=O)cc3cccnc23)c1)c1ccc(S(C)(=O)=O)cc1. The van der Waals surface area contributed by atoms with Crippen LogP contribution in [0.1, 0.15) is 37.5 Å². The molecule has 0 amide bonds. The van der Waals surface area contributed by atoms with Gasteiger partial charge in [-0.25, -0.2) is 21.6 Å². The molecule has 216 valence electrons. The Morgan fingerprint density at radius 1 is 0.902 bits per heavy atom. The fraction of sp³-hybridized carbons (Fsp3) is 0.290. The molecule has 0 saturated heterocycles. The average molecular weight is 596 g/mol. The minimum atomic E-state index is -3.47. The van der Waals surface area contributed by atoms with Crippen LogP contribution >= 0.6 is 0 Å². The van der Waals surface area contributed by atoms with Gasteiger partial charge >= 0.3 is 5.97 Å². The van der Waals surface area contributed by atoms with E-state index in [1.807, 2.05) is 30.3 Å². The molecule has 0 aliphatic rings. The number of ether oxygens (including phenoxy) is 1. The number of sulfone groups is 2. The van der Waals surface area contributed by atoms with Gasteiger partial charge in [-0.2, -0.15) is 0 Å². The quantitative estimate of drug-likeness (QED) is 0.279. The summed E-state index contributed by atoms with van der Waals surface area (Å²) >= 11 is 0. The number of aromatic nitrogens is 1. The van der Waals surface area contributed by atoms with E-state index >= 15 is 0 Å². The fourth-order valence-corrected chi connectivity index (χ4v) is 5.82. The molecule has 0 aliphatic carbocycles. The lowest BCUT2D eigenvalue weighted by atomic mass is 9.86. The average Bonchev–Trinajstić information content (AvgIpc) is 2.91. The Hall–Kier alpha value is -3.60. The first-order valence-electron chi connectivity index (χ1n) is 13.0. The van der Waals surface area contributed by atoms with Gasteiger partial charge in [-0.15, -0.1) is 0 Å². The van der Waals surface area contributed by atoms with E-state index in [2.05, 4.69) is 4.98 Å². The summed E-state index contributed by atoms with van der Waals surface area (Å²) < 4.78 is 53.2. The molecule has 41 heavy (non-hydrogen) atoms. The molecule has 1 atom stereocenters. The lowest BCUT2D eigenvalue weighted by Crippen LogP contribution is -2.39. The van der Waals surface area contributed by atoms with Gasteiger partial charge in [0, 0.05) is 36.1 Å². The Morgan fingerprint density at radius 2 is 1.59 bits per heavy atom. The number of nitrogens with zero attached hydrogens (tertiary/aromatic N) is 1. The molecule has 0 aliphatic heterocycles. The fourth-order valence-electron chi connectivity index (χ4n) is 4.64. The van der Waals surface area contributed by atoms with Crippen molar-refractivity contribution in [2.45, 2.75) is 42.4 Å². The highest BCUT2D eigenvalue weighted by atomic mass is 32.2. The molecule has 1 heterocycles. The van der Waals surface area contributed by atoms with E-state index in [0.717, 1.165) is 17.2 Å². The smallest absolute Gasteiger partial charge is 0.343 e. The molecular weight excluding hydrogens is 562 g/mol. The van der Waals surface area contributed by atoms with Crippen LogP contribution in [0.25, 0.3) is 22.0 Å². The van der Waals surface area contributed by atoms with E-state index < -0.39 is 36.0 Å². The second-order valence-corrected chi connectivity index (χ2v) is 15.2. The molecule has 0 saturated carbocycles. The standard InChI is InChI=1S/C31H33NO7S2/c1-6-39-29(33)31(34,24-12-14-26(15-13-24)40(4,35)36)20-21-9-7-10-22(17-21)27-19-25(30(2,3)41(5,37)38)18-23-11-8-16-32-28(23)27/h7-19,34H,6,20H2,1-5H3. The van der Waals surface area contributed by atoms with Gasteiger partial charge in [0.1, 0.15) is 0 Å². The van der Waals surface area contributed by atoms with E-state index in [1.54, 1.807) is 45.2 Å². The number of fused-ring (bicyclic) bond motifs is 1. The number of pyridine rings is 1. The summed E-state index contributed by atoms with van der Waals surface area (Å²) in [6.45, 7) is 5.00. The van der Waals surface area contributed by atoms with Gasteiger partial charge in [0.2, 0.25) is 0 Å². The van der Waals surface area contributed by atoms with Gasteiger partial charge in [0.15, 0.2) is 25.3 Å². The lowest BCUT2D eigenvalue weighted by Gasteiger charge is -2.27. The molecule has 3 aromatic carbocycles. The predicted molar refractivity (Wildman–Crippen MR) is 159 cm³/mol. The topological polar surface area (TPSA) is 128 Å². The van der Waals surface area contributed by atoms with Crippen molar-refractivity contribution in [1.29, 1.82) is 0 Å². The van der Waals surface area contributed by atoms with Gasteiger partial charge < -0.3 is 9.84 Å². The predicted octanol–water partition coefficient (Wildman–Crippen LogP) is 4.58. The molecule has 0 spiro atoms. The molecule has 0 bridgehead atoms. The van der Waals surface area contributed by atoms with E-state index in [9.17, 15) is 26.7 Å². The number of hydrogen-bond donors (Lipinski definition) is 1. The molecule has 1 unspecified atom stereocenters. The highest BCUT2D eigenvalue weighted by molar-refractivity contribution is 7.91. The summed E-state index contributed by atoms with van der Waals surface area (Å²) in [6.07, 6.45) is 3.80. The Kier molecular flexibility index (Phi) is 8.14. The van der Waals surface area contributed by atoms with Crippen molar-refractivity contribution in [2.24, 2.45) is 0 Å². The van der Waals surface area contributed by atoms with Crippen LogP contribution in [0.2, 0.25) is 0 Å². The first kappa shape index (κ1) is 30.4. The zero-order valence-electron chi connectivity index (χ0n) is 23.6. The number of rotatable bonds is 9. The van der Waals surface area contributed by atoms with Crippen molar-refractivity contribution in [3.8, 4) is 11.1 Å². The Labute approximate surface area is 240 Å². The van der Waals surface area contributed by atoms with Crippen molar-refractivity contribution < 1.29 is 31.5 Å². The number of carbonyl (C=O) groups is 1. The molecule has 8 nitrogen and oxygen atoms in total. The molecular formula is C31H33NO7S2. The van der Waals surface area contributed by atoms with Gasteiger partial charge in [-0.05, 0) is 73.4 Å². The van der Waals surface area contributed by atoms with Crippen LogP contribution in [0, 0.1) is 0 Å². The van der Waals surface area contributed by atoms with Crippen molar-refractivity contribution >= 4 is 36.5 Å². The van der Waals surface area contributed by atoms with Crippen LogP contribution in [-0.4, -0.2) is 52.0 Å². The third kappa shape index (κ3) is 6.05. The Morgan fingerprint density at radius 3 is 2.20 bits per heavy atom. The molecule has 1 aromatic heterocycles.